The van der Waals surface area contributed by atoms with Crippen LogP contribution in [0.3, 0.4) is 0 Å². The molecule has 0 aliphatic rings. The molecule has 0 saturated carbocycles. The quantitative estimate of drug-likeness (QED) is 0.771. The van der Waals surface area contributed by atoms with Crippen molar-refractivity contribution < 1.29 is 0 Å². The van der Waals surface area contributed by atoms with E-state index in [1.807, 2.05) is 12.1 Å². The van der Waals surface area contributed by atoms with Crippen molar-refractivity contribution >= 4 is 6.08 Å². The SMILES string of the molecule is C=Cc1ccccc1CNC(C)(C)CC. The van der Waals surface area contributed by atoms with E-state index in [1.165, 1.54) is 11.1 Å². The molecule has 0 heterocycles. The van der Waals surface area contributed by atoms with Gasteiger partial charge in [0, 0.05) is 12.1 Å². The third kappa shape index (κ3) is 3.52. The van der Waals surface area contributed by atoms with E-state index in [0.717, 1.165) is 13.0 Å². The summed E-state index contributed by atoms with van der Waals surface area (Å²) in [6.45, 7) is 11.4. The second-order valence-electron chi connectivity index (χ2n) is 4.49. The predicted octanol–water partition coefficient (Wildman–Crippen LogP) is 3.61. The van der Waals surface area contributed by atoms with Crippen molar-refractivity contribution in [2.75, 3.05) is 0 Å². The lowest BCUT2D eigenvalue weighted by molar-refractivity contribution is 0.374. The lowest BCUT2D eigenvalue weighted by Gasteiger charge is -2.25. The minimum atomic E-state index is 0.203. The van der Waals surface area contributed by atoms with E-state index in [9.17, 15) is 0 Å². The van der Waals surface area contributed by atoms with Crippen molar-refractivity contribution in [2.24, 2.45) is 0 Å². The van der Waals surface area contributed by atoms with Gasteiger partial charge in [0.1, 0.15) is 0 Å². The number of nitrogens with one attached hydrogen (secondary N) is 1. The first kappa shape index (κ1) is 12.0. The van der Waals surface area contributed by atoms with Crippen LogP contribution in [0.1, 0.15) is 38.3 Å². The molecule has 0 atom stereocenters. The van der Waals surface area contributed by atoms with Crippen LogP contribution in [0.4, 0.5) is 0 Å². The molecular weight excluding hydrogens is 182 g/mol. The van der Waals surface area contributed by atoms with Crippen LogP contribution in [0, 0.1) is 0 Å². The molecule has 82 valence electrons. The highest BCUT2D eigenvalue weighted by atomic mass is 14.9. The predicted molar refractivity (Wildman–Crippen MR) is 67.7 cm³/mol. The Morgan fingerprint density at radius 3 is 2.60 bits per heavy atom. The molecule has 1 N–H and O–H groups in total. The van der Waals surface area contributed by atoms with Gasteiger partial charge in [-0.25, -0.2) is 0 Å². The molecule has 0 aromatic heterocycles. The average Bonchev–Trinajstić information content (AvgIpc) is 2.27. The maximum Gasteiger partial charge on any atom is 0.0216 e. The van der Waals surface area contributed by atoms with Crippen LogP contribution in [-0.4, -0.2) is 5.54 Å². The number of benzene rings is 1. The van der Waals surface area contributed by atoms with E-state index < -0.39 is 0 Å². The minimum absolute atomic E-state index is 0.203. The van der Waals surface area contributed by atoms with Gasteiger partial charge in [-0.2, -0.15) is 0 Å². The Hall–Kier alpha value is -1.08. The zero-order chi connectivity index (χ0) is 11.3. The molecule has 1 nitrogen and oxygen atoms in total. The summed E-state index contributed by atoms with van der Waals surface area (Å²) in [5, 5.41) is 3.55. The van der Waals surface area contributed by atoms with Crippen LogP contribution in [-0.2, 0) is 6.54 Å². The molecule has 0 radical (unpaired) electrons. The first-order valence-electron chi connectivity index (χ1n) is 5.54. The van der Waals surface area contributed by atoms with Crippen molar-refractivity contribution in [2.45, 2.75) is 39.3 Å². The van der Waals surface area contributed by atoms with Crippen molar-refractivity contribution in [3.8, 4) is 0 Å². The molecule has 1 heteroatoms. The second-order valence-corrected chi connectivity index (χ2v) is 4.49. The van der Waals surface area contributed by atoms with Crippen LogP contribution < -0.4 is 5.32 Å². The summed E-state index contributed by atoms with van der Waals surface area (Å²) in [6, 6.07) is 8.37. The Bertz CT molecular complexity index is 326. The topological polar surface area (TPSA) is 12.0 Å². The summed E-state index contributed by atoms with van der Waals surface area (Å²) in [7, 11) is 0. The smallest absolute Gasteiger partial charge is 0.0216 e. The van der Waals surface area contributed by atoms with Gasteiger partial charge in [0.25, 0.3) is 0 Å². The molecule has 0 aliphatic heterocycles. The molecule has 0 bridgehead atoms. The molecule has 0 aliphatic carbocycles. The van der Waals surface area contributed by atoms with Crippen LogP contribution in [0.15, 0.2) is 30.8 Å². The van der Waals surface area contributed by atoms with E-state index in [-0.39, 0.29) is 5.54 Å². The van der Waals surface area contributed by atoms with E-state index in [0.29, 0.717) is 0 Å². The van der Waals surface area contributed by atoms with Gasteiger partial charge in [-0.3, -0.25) is 0 Å². The number of hydrogen-bond donors (Lipinski definition) is 1. The van der Waals surface area contributed by atoms with Crippen LogP contribution in [0.25, 0.3) is 6.08 Å². The van der Waals surface area contributed by atoms with Gasteiger partial charge in [-0.1, -0.05) is 43.8 Å². The van der Waals surface area contributed by atoms with Crippen molar-refractivity contribution in [1.82, 2.24) is 5.32 Å². The summed E-state index contributed by atoms with van der Waals surface area (Å²) >= 11 is 0. The fourth-order valence-corrected chi connectivity index (χ4v) is 1.35. The Morgan fingerprint density at radius 1 is 1.33 bits per heavy atom. The molecule has 1 aromatic carbocycles. The Balaban J connectivity index is 2.69. The maximum atomic E-state index is 3.83. The van der Waals surface area contributed by atoms with Crippen LogP contribution >= 0.6 is 0 Å². The zero-order valence-corrected chi connectivity index (χ0v) is 10.0. The lowest BCUT2D eigenvalue weighted by atomic mass is 10.0. The van der Waals surface area contributed by atoms with E-state index in [2.05, 4.69) is 50.9 Å². The van der Waals surface area contributed by atoms with E-state index in [4.69, 9.17) is 0 Å². The highest BCUT2D eigenvalue weighted by Gasteiger charge is 2.13. The van der Waals surface area contributed by atoms with Gasteiger partial charge in [-0.15, -0.1) is 0 Å². The fourth-order valence-electron chi connectivity index (χ4n) is 1.35. The Kier molecular flexibility index (Phi) is 4.10. The molecular formula is C14H21N. The Morgan fingerprint density at radius 2 is 2.00 bits per heavy atom. The standard InChI is InChI=1S/C14H21N/c1-5-12-9-7-8-10-13(12)11-15-14(3,4)6-2/h5,7-10,15H,1,6,11H2,2-4H3. The normalized spacial score (nSPS) is 11.4. The third-order valence-corrected chi connectivity index (χ3v) is 2.92. The van der Waals surface area contributed by atoms with Crippen molar-refractivity contribution in [3.63, 3.8) is 0 Å². The number of hydrogen-bond acceptors (Lipinski definition) is 1. The van der Waals surface area contributed by atoms with E-state index >= 15 is 0 Å². The molecule has 0 fully saturated rings. The summed E-state index contributed by atoms with van der Waals surface area (Å²) in [4.78, 5) is 0. The highest BCUT2D eigenvalue weighted by molar-refractivity contribution is 5.51. The van der Waals surface area contributed by atoms with Crippen molar-refractivity contribution in [1.29, 1.82) is 0 Å². The van der Waals surface area contributed by atoms with Gasteiger partial charge in [0.05, 0.1) is 0 Å². The van der Waals surface area contributed by atoms with Crippen LogP contribution in [0.5, 0.6) is 0 Å². The lowest BCUT2D eigenvalue weighted by Crippen LogP contribution is -2.37. The zero-order valence-electron chi connectivity index (χ0n) is 10.0. The largest absolute Gasteiger partial charge is 0.308 e. The van der Waals surface area contributed by atoms with E-state index in [1.54, 1.807) is 0 Å². The average molecular weight is 203 g/mol. The minimum Gasteiger partial charge on any atom is -0.308 e. The first-order chi connectivity index (χ1) is 7.09. The van der Waals surface area contributed by atoms with Gasteiger partial charge in [-0.05, 0) is 31.4 Å². The fraction of sp³-hybridized carbons (Fsp3) is 0.429. The second kappa shape index (κ2) is 5.13. The molecule has 0 spiro atoms. The molecule has 0 unspecified atom stereocenters. The van der Waals surface area contributed by atoms with Crippen LogP contribution in [0.2, 0.25) is 0 Å². The summed E-state index contributed by atoms with van der Waals surface area (Å²) in [6.07, 6.45) is 3.04. The number of rotatable bonds is 5. The van der Waals surface area contributed by atoms with Gasteiger partial charge in [0.2, 0.25) is 0 Å². The summed E-state index contributed by atoms with van der Waals surface area (Å²) in [5.74, 6) is 0. The monoisotopic (exact) mass is 203 g/mol. The highest BCUT2D eigenvalue weighted by Crippen LogP contribution is 2.13. The maximum absolute atomic E-state index is 3.83. The first-order valence-corrected chi connectivity index (χ1v) is 5.54. The van der Waals surface area contributed by atoms with Crippen molar-refractivity contribution in [3.05, 3.63) is 42.0 Å². The summed E-state index contributed by atoms with van der Waals surface area (Å²) < 4.78 is 0. The van der Waals surface area contributed by atoms with Gasteiger partial charge >= 0.3 is 0 Å². The van der Waals surface area contributed by atoms with Gasteiger partial charge < -0.3 is 5.32 Å². The Labute approximate surface area is 93.2 Å². The molecule has 0 saturated heterocycles. The molecule has 1 rings (SSSR count). The van der Waals surface area contributed by atoms with Gasteiger partial charge in [0.15, 0.2) is 0 Å². The third-order valence-electron chi connectivity index (χ3n) is 2.92. The molecule has 15 heavy (non-hydrogen) atoms. The molecule has 0 amide bonds. The summed E-state index contributed by atoms with van der Waals surface area (Å²) in [5.41, 5.74) is 2.74. The molecule has 1 aromatic rings.